The number of carboxylic acid groups (broad SMARTS) is 1. The van der Waals surface area contributed by atoms with Crippen LogP contribution >= 0.6 is 0 Å². The van der Waals surface area contributed by atoms with Gasteiger partial charge in [0, 0.05) is 5.69 Å². The SMILES string of the molecule is Cc1cc(F)cc(NC2(C(=O)O)CCCC(C(C)C)C2)c1. The Bertz CT molecular complexity index is 509. The van der Waals surface area contributed by atoms with E-state index in [0.29, 0.717) is 30.4 Å². The molecule has 1 aromatic carbocycles. The molecule has 0 bridgehead atoms. The Morgan fingerprint density at radius 3 is 2.71 bits per heavy atom. The van der Waals surface area contributed by atoms with Gasteiger partial charge in [0.2, 0.25) is 0 Å². The van der Waals surface area contributed by atoms with Crippen LogP contribution in [-0.4, -0.2) is 16.6 Å². The number of benzene rings is 1. The second-order valence-corrected chi connectivity index (χ2v) is 6.63. The lowest BCUT2D eigenvalue weighted by atomic mass is 9.71. The van der Waals surface area contributed by atoms with Gasteiger partial charge in [0.1, 0.15) is 11.4 Å². The summed E-state index contributed by atoms with van der Waals surface area (Å²) in [6.07, 6.45) is 3.13. The molecule has 2 N–H and O–H groups in total. The van der Waals surface area contributed by atoms with Gasteiger partial charge in [-0.3, -0.25) is 0 Å². The number of anilines is 1. The molecule has 2 unspecified atom stereocenters. The first kappa shape index (κ1) is 15.8. The van der Waals surface area contributed by atoms with Gasteiger partial charge in [-0.2, -0.15) is 0 Å². The van der Waals surface area contributed by atoms with Crippen LogP contribution in [0, 0.1) is 24.6 Å². The molecule has 2 rings (SSSR count). The van der Waals surface area contributed by atoms with Crippen LogP contribution in [0.5, 0.6) is 0 Å². The molecule has 0 amide bonds. The summed E-state index contributed by atoms with van der Waals surface area (Å²) in [6, 6.07) is 4.61. The van der Waals surface area contributed by atoms with Gasteiger partial charge in [-0.1, -0.05) is 20.3 Å². The third-order valence-corrected chi connectivity index (χ3v) is 4.57. The molecule has 4 heteroatoms. The molecule has 0 spiro atoms. The van der Waals surface area contributed by atoms with E-state index in [1.54, 1.807) is 13.0 Å². The van der Waals surface area contributed by atoms with Gasteiger partial charge in [0.05, 0.1) is 0 Å². The lowest BCUT2D eigenvalue weighted by Gasteiger charge is -2.40. The zero-order chi connectivity index (χ0) is 15.6. The van der Waals surface area contributed by atoms with Crippen molar-refractivity contribution in [2.45, 2.75) is 52.0 Å². The smallest absolute Gasteiger partial charge is 0.329 e. The second kappa shape index (κ2) is 6.04. The van der Waals surface area contributed by atoms with Crippen molar-refractivity contribution in [3.8, 4) is 0 Å². The summed E-state index contributed by atoms with van der Waals surface area (Å²) in [7, 11) is 0. The number of halogens is 1. The quantitative estimate of drug-likeness (QED) is 0.874. The van der Waals surface area contributed by atoms with Crippen LogP contribution in [-0.2, 0) is 4.79 Å². The number of rotatable bonds is 4. The number of carboxylic acids is 1. The van der Waals surface area contributed by atoms with E-state index < -0.39 is 11.5 Å². The summed E-state index contributed by atoms with van der Waals surface area (Å²) in [4.78, 5) is 11.9. The van der Waals surface area contributed by atoms with Crippen LogP contribution in [0.3, 0.4) is 0 Å². The molecule has 0 aromatic heterocycles. The van der Waals surface area contributed by atoms with Gasteiger partial charge in [-0.15, -0.1) is 0 Å². The molecule has 0 heterocycles. The Kier molecular flexibility index (Phi) is 4.55. The predicted octanol–water partition coefficient (Wildman–Crippen LogP) is 4.22. The van der Waals surface area contributed by atoms with Gasteiger partial charge in [-0.05, 0) is 61.8 Å². The summed E-state index contributed by atoms with van der Waals surface area (Å²) < 4.78 is 13.5. The molecular weight excluding hydrogens is 269 g/mol. The fraction of sp³-hybridized carbons (Fsp3) is 0.588. The van der Waals surface area contributed by atoms with Gasteiger partial charge in [0.15, 0.2) is 0 Å². The zero-order valence-electron chi connectivity index (χ0n) is 12.9. The number of hydrogen-bond donors (Lipinski definition) is 2. The molecule has 21 heavy (non-hydrogen) atoms. The van der Waals surface area contributed by atoms with E-state index >= 15 is 0 Å². The molecule has 1 aliphatic rings. The first-order valence-electron chi connectivity index (χ1n) is 7.61. The van der Waals surface area contributed by atoms with Crippen molar-refractivity contribution in [3.05, 3.63) is 29.6 Å². The van der Waals surface area contributed by atoms with Crippen molar-refractivity contribution in [3.63, 3.8) is 0 Å². The van der Waals surface area contributed by atoms with Crippen molar-refractivity contribution in [1.82, 2.24) is 0 Å². The number of aryl methyl sites for hydroxylation is 1. The summed E-state index contributed by atoms with van der Waals surface area (Å²) in [5.74, 6) is -0.332. The lowest BCUT2D eigenvalue weighted by molar-refractivity contribution is -0.144. The van der Waals surface area contributed by atoms with E-state index in [0.717, 1.165) is 18.4 Å². The molecule has 3 nitrogen and oxygen atoms in total. The molecule has 116 valence electrons. The van der Waals surface area contributed by atoms with E-state index in [4.69, 9.17) is 0 Å². The second-order valence-electron chi connectivity index (χ2n) is 6.63. The van der Waals surface area contributed by atoms with Crippen LogP contribution in [0.1, 0.15) is 45.1 Å². The predicted molar refractivity (Wildman–Crippen MR) is 81.9 cm³/mol. The maximum atomic E-state index is 13.5. The minimum atomic E-state index is -0.979. The van der Waals surface area contributed by atoms with E-state index in [2.05, 4.69) is 19.2 Å². The third kappa shape index (κ3) is 3.55. The van der Waals surface area contributed by atoms with Gasteiger partial charge < -0.3 is 10.4 Å². The molecule has 2 atom stereocenters. The first-order valence-corrected chi connectivity index (χ1v) is 7.61. The Morgan fingerprint density at radius 1 is 1.43 bits per heavy atom. The van der Waals surface area contributed by atoms with Crippen molar-refractivity contribution >= 4 is 11.7 Å². The van der Waals surface area contributed by atoms with Crippen molar-refractivity contribution in [1.29, 1.82) is 0 Å². The molecule has 1 aromatic rings. The van der Waals surface area contributed by atoms with Crippen molar-refractivity contribution in [2.75, 3.05) is 5.32 Å². The summed E-state index contributed by atoms with van der Waals surface area (Å²) in [6.45, 7) is 6.07. The highest BCUT2D eigenvalue weighted by molar-refractivity contribution is 5.83. The Balaban J connectivity index is 2.28. The van der Waals surface area contributed by atoms with E-state index in [-0.39, 0.29) is 5.82 Å². The highest BCUT2D eigenvalue weighted by Gasteiger charge is 2.43. The molecular formula is C17H24FNO2. The lowest BCUT2D eigenvalue weighted by Crippen LogP contribution is -2.50. The zero-order valence-corrected chi connectivity index (χ0v) is 12.9. The molecule has 0 saturated heterocycles. The van der Waals surface area contributed by atoms with E-state index in [1.165, 1.54) is 12.1 Å². The van der Waals surface area contributed by atoms with Gasteiger partial charge in [-0.25, -0.2) is 9.18 Å². The van der Waals surface area contributed by atoms with Crippen molar-refractivity contribution in [2.24, 2.45) is 11.8 Å². The maximum Gasteiger partial charge on any atom is 0.329 e. The molecule has 1 saturated carbocycles. The van der Waals surface area contributed by atoms with Crippen LogP contribution in [0.2, 0.25) is 0 Å². The van der Waals surface area contributed by atoms with Crippen LogP contribution in [0.25, 0.3) is 0 Å². The molecule has 1 aliphatic carbocycles. The first-order chi connectivity index (χ1) is 9.82. The highest BCUT2D eigenvalue weighted by atomic mass is 19.1. The fourth-order valence-electron chi connectivity index (χ4n) is 3.33. The number of aliphatic carboxylic acids is 1. The van der Waals surface area contributed by atoms with Gasteiger partial charge >= 0.3 is 5.97 Å². The fourth-order valence-corrected chi connectivity index (χ4v) is 3.33. The molecule has 1 fully saturated rings. The highest BCUT2D eigenvalue weighted by Crippen LogP contribution is 2.39. The number of hydrogen-bond acceptors (Lipinski definition) is 2. The minimum absolute atomic E-state index is 0.339. The Morgan fingerprint density at radius 2 is 2.14 bits per heavy atom. The summed E-state index contributed by atoms with van der Waals surface area (Å²) in [5, 5.41) is 12.9. The largest absolute Gasteiger partial charge is 0.480 e. The topological polar surface area (TPSA) is 49.3 Å². The molecule has 0 radical (unpaired) electrons. The average Bonchev–Trinajstić information content (AvgIpc) is 2.37. The maximum absolute atomic E-state index is 13.5. The Labute approximate surface area is 125 Å². The van der Waals surface area contributed by atoms with Crippen LogP contribution < -0.4 is 5.32 Å². The number of nitrogens with one attached hydrogen (secondary N) is 1. The molecule has 0 aliphatic heterocycles. The summed E-state index contributed by atoms with van der Waals surface area (Å²) >= 11 is 0. The Hall–Kier alpha value is -1.58. The van der Waals surface area contributed by atoms with Crippen LogP contribution in [0.15, 0.2) is 18.2 Å². The monoisotopic (exact) mass is 293 g/mol. The van der Waals surface area contributed by atoms with Crippen molar-refractivity contribution < 1.29 is 14.3 Å². The standard InChI is InChI=1S/C17H24FNO2/c1-11(2)13-5-4-6-17(10-13,16(20)21)19-15-8-12(3)7-14(18)9-15/h7-9,11,13,19H,4-6,10H2,1-3H3,(H,20,21). The minimum Gasteiger partial charge on any atom is -0.480 e. The van der Waals surface area contributed by atoms with Gasteiger partial charge in [0.25, 0.3) is 0 Å². The van der Waals surface area contributed by atoms with Crippen LogP contribution in [0.4, 0.5) is 10.1 Å². The summed E-state index contributed by atoms with van der Waals surface area (Å²) in [5.41, 5.74) is 0.363. The van der Waals surface area contributed by atoms with E-state index in [9.17, 15) is 14.3 Å². The normalized spacial score (nSPS) is 25.9. The number of carbonyl (C=O) groups is 1. The average molecular weight is 293 g/mol. The third-order valence-electron chi connectivity index (χ3n) is 4.57. The van der Waals surface area contributed by atoms with E-state index in [1.807, 2.05) is 0 Å².